The SMILES string of the molecule is CC(=O)OCc1n[c]([Sn][C](C)(C)C)cs1. The van der Waals surface area contributed by atoms with Gasteiger partial charge in [-0.1, -0.05) is 0 Å². The third kappa shape index (κ3) is 5.51. The topological polar surface area (TPSA) is 39.2 Å². The summed E-state index contributed by atoms with van der Waals surface area (Å²) in [5.74, 6) is -0.248. The molecule has 0 amide bonds. The number of hydrogen-bond donors (Lipinski definition) is 0. The zero-order valence-electron chi connectivity index (χ0n) is 9.46. The summed E-state index contributed by atoms with van der Waals surface area (Å²) in [5, 5.41) is 3.02. The van der Waals surface area contributed by atoms with Gasteiger partial charge in [0.2, 0.25) is 0 Å². The maximum absolute atomic E-state index is 10.6. The molecule has 0 fully saturated rings. The van der Waals surface area contributed by atoms with Gasteiger partial charge in [-0.25, -0.2) is 0 Å². The first kappa shape index (κ1) is 13.0. The van der Waals surface area contributed by atoms with Crippen molar-refractivity contribution in [1.82, 2.24) is 4.98 Å². The zero-order chi connectivity index (χ0) is 11.5. The normalized spacial score (nSPS) is 11.5. The molecular weight excluding hydrogens is 317 g/mol. The van der Waals surface area contributed by atoms with Crippen LogP contribution in [0, 0.1) is 0 Å². The molecule has 1 aromatic heterocycles. The molecule has 0 unspecified atom stereocenters. The van der Waals surface area contributed by atoms with Gasteiger partial charge >= 0.3 is 105 Å². The third-order valence-corrected chi connectivity index (χ3v) is 6.48. The van der Waals surface area contributed by atoms with E-state index in [9.17, 15) is 4.79 Å². The van der Waals surface area contributed by atoms with Crippen LogP contribution in [0.25, 0.3) is 0 Å². The Bertz CT molecular complexity index is 343. The van der Waals surface area contributed by atoms with Crippen LogP contribution >= 0.6 is 11.3 Å². The number of aromatic nitrogens is 1. The summed E-state index contributed by atoms with van der Waals surface area (Å²) in [7, 11) is 0. The number of rotatable bonds is 3. The predicted molar refractivity (Wildman–Crippen MR) is 62.7 cm³/mol. The van der Waals surface area contributed by atoms with E-state index < -0.39 is 21.1 Å². The van der Waals surface area contributed by atoms with E-state index in [0.717, 1.165) is 5.01 Å². The standard InChI is InChI=1S/C6H6NO2S.C4H9.Sn/c1-5(8)9-4-6-7-2-3-10-6;1-4(2)3;/h3H,4H2,1H3;1-3H3;. The molecule has 3 nitrogen and oxygen atoms in total. The summed E-state index contributed by atoms with van der Waals surface area (Å²) >= 11 is 0.970. The van der Waals surface area contributed by atoms with E-state index in [0.29, 0.717) is 10.0 Å². The van der Waals surface area contributed by atoms with Crippen molar-refractivity contribution >= 4 is 42.2 Å². The van der Waals surface area contributed by atoms with E-state index in [1.807, 2.05) is 0 Å². The van der Waals surface area contributed by atoms with E-state index >= 15 is 0 Å². The average molecular weight is 332 g/mol. The number of carbonyl (C=O) groups excluding carboxylic acids is 1. The monoisotopic (exact) mass is 333 g/mol. The van der Waals surface area contributed by atoms with Gasteiger partial charge in [0.05, 0.1) is 0 Å². The Morgan fingerprint density at radius 1 is 1.60 bits per heavy atom. The molecule has 0 spiro atoms. The van der Waals surface area contributed by atoms with E-state index in [1.54, 1.807) is 11.3 Å². The second-order valence-corrected chi connectivity index (χ2v) is 11.7. The predicted octanol–water partition coefficient (Wildman–Crippen LogP) is 1.75. The van der Waals surface area contributed by atoms with Gasteiger partial charge in [0.15, 0.2) is 0 Å². The molecule has 0 aromatic carbocycles. The van der Waals surface area contributed by atoms with Gasteiger partial charge in [-0.3, -0.25) is 0 Å². The molecule has 82 valence electrons. The van der Waals surface area contributed by atoms with Gasteiger partial charge in [0.1, 0.15) is 0 Å². The second-order valence-electron chi connectivity index (χ2n) is 4.28. The number of esters is 1. The number of ether oxygens (including phenoxy) is 1. The van der Waals surface area contributed by atoms with Gasteiger partial charge < -0.3 is 0 Å². The molecule has 0 atom stereocenters. The van der Waals surface area contributed by atoms with Crippen molar-refractivity contribution in [2.45, 2.75) is 37.7 Å². The van der Waals surface area contributed by atoms with Gasteiger partial charge in [-0.15, -0.1) is 0 Å². The van der Waals surface area contributed by atoms with Gasteiger partial charge in [-0.05, 0) is 0 Å². The Hall–Kier alpha value is -0.101. The number of carbonyl (C=O) groups is 1. The molecule has 15 heavy (non-hydrogen) atoms. The van der Waals surface area contributed by atoms with Crippen LogP contribution in [0.3, 0.4) is 0 Å². The fourth-order valence-corrected chi connectivity index (χ4v) is 5.60. The molecule has 0 bridgehead atoms. The summed E-state index contributed by atoms with van der Waals surface area (Å²) in [5.41, 5.74) is 0. The molecule has 0 N–H and O–H groups in total. The molecule has 1 heterocycles. The van der Waals surface area contributed by atoms with Crippen molar-refractivity contribution in [1.29, 1.82) is 0 Å². The molecule has 0 saturated heterocycles. The zero-order valence-corrected chi connectivity index (χ0v) is 13.1. The van der Waals surface area contributed by atoms with Crippen LogP contribution in [0.2, 0.25) is 3.43 Å². The van der Waals surface area contributed by atoms with Crippen LogP contribution in [0.5, 0.6) is 0 Å². The summed E-state index contributed by atoms with van der Waals surface area (Å²) in [6.45, 7) is 8.50. The Labute approximate surface area is 104 Å². The average Bonchev–Trinajstić information content (AvgIpc) is 2.45. The Morgan fingerprint density at radius 3 is 2.80 bits per heavy atom. The molecular formula is C10H15NO2SSn. The number of thiazole rings is 1. The summed E-state index contributed by atoms with van der Waals surface area (Å²) < 4.78 is 6.56. The van der Waals surface area contributed by atoms with Crippen LogP contribution < -0.4 is 3.71 Å². The molecule has 1 rings (SSSR count). The molecule has 2 radical (unpaired) electrons. The first-order valence-corrected chi connectivity index (χ1v) is 8.46. The van der Waals surface area contributed by atoms with Crippen LogP contribution in [0.1, 0.15) is 32.7 Å². The van der Waals surface area contributed by atoms with Crippen molar-refractivity contribution in [3.8, 4) is 0 Å². The Morgan fingerprint density at radius 2 is 2.27 bits per heavy atom. The Balaban J connectivity index is 2.53. The van der Waals surface area contributed by atoms with Crippen LogP contribution in [-0.4, -0.2) is 32.1 Å². The summed E-state index contributed by atoms with van der Waals surface area (Å²) in [6.07, 6.45) is 0. The van der Waals surface area contributed by atoms with E-state index in [2.05, 4.69) is 31.1 Å². The van der Waals surface area contributed by atoms with Crippen LogP contribution in [0.15, 0.2) is 5.38 Å². The quantitative estimate of drug-likeness (QED) is 0.625. The second kappa shape index (κ2) is 5.29. The minimum absolute atomic E-state index is 0.248. The summed E-state index contributed by atoms with van der Waals surface area (Å²) in [4.78, 5) is 15.1. The van der Waals surface area contributed by atoms with Crippen molar-refractivity contribution in [3.63, 3.8) is 0 Å². The van der Waals surface area contributed by atoms with Gasteiger partial charge in [0.25, 0.3) is 0 Å². The third-order valence-electron chi connectivity index (χ3n) is 1.45. The fourth-order valence-electron chi connectivity index (χ4n) is 0.982. The molecule has 0 aliphatic rings. The molecule has 0 aliphatic carbocycles. The molecule has 1 aromatic rings. The fraction of sp³-hybridized carbons (Fsp3) is 0.600. The number of nitrogens with zero attached hydrogens (tertiary/aromatic N) is 1. The van der Waals surface area contributed by atoms with Crippen molar-refractivity contribution in [2.24, 2.45) is 0 Å². The van der Waals surface area contributed by atoms with Crippen molar-refractivity contribution in [2.75, 3.05) is 0 Å². The van der Waals surface area contributed by atoms with Crippen LogP contribution in [-0.2, 0) is 16.1 Å². The van der Waals surface area contributed by atoms with Crippen LogP contribution in [0.4, 0.5) is 0 Å². The van der Waals surface area contributed by atoms with E-state index in [-0.39, 0.29) is 5.97 Å². The Kier molecular flexibility index (Phi) is 4.58. The molecule has 0 saturated carbocycles. The maximum atomic E-state index is 10.6. The molecule has 0 aliphatic heterocycles. The first-order valence-electron chi connectivity index (χ1n) is 4.73. The number of hydrogen-bond acceptors (Lipinski definition) is 4. The van der Waals surface area contributed by atoms with Gasteiger partial charge in [0, 0.05) is 0 Å². The first-order chi connectivity index (χ1) is 6.87. The molecule has 5 heteroatoms. The van der Waals surface area contributed by atoms with Crippen molar-refractivity contribution in [3.05, 3.63) is 10.4 Å². The minimum atomic E-state index is -0.616. The van der Waals surface area contributed by atoms with E-state index in [4.69, 9.17) is 4.74 Å². The van der Waals surface area contributed by atoms with E-state index in [1.165, 1.54) is 10.6 Å². The van der Waals surface area contributed by atoms with Crippen molar-refractivity contribution < 1.29 is 9.53 Å². The van der Waals surface area contributed by atoms with Gasteiger partial charge in [-0.2, -0.15) is 0 Å². The summed E-state index contributed by atoms with van der Waals surface area (Å²) in [6, 6.07) is 0.